The van der Waals surface area contributed by atoms with E-state index in [-0.39, 0.29) is 10.8 Å². The van der Waals surface area contributed by atoms with Gasteiger partial charge in [0.05, 0.1) is 12.5 Å². The first kappa shape index (κ1) is 17.9. The molecule has 0 N–H and O–H groups in total. The third-order valence-corrected chi connectivity index (χ3v) is 6.38. The van der Waals surface area contributed by atoms with Crippen molar-refractivity contribution in [1.82, 2.24) is 18.8 Å². The average molecular weight is 390 g/mol. The van der Waals surface area contributed by atoms with Crippen LogP contribution in [0.4, 0.5) is 4.39 Å². The van der Waals surface area contributed by atoms with Gasteiger partial charge in [-0.2, -0.15) is 4.31 Å². The highest BCUT2D eigenvalue weighted by Gasteiger charge is 2.39. The first-order valence-electron chi connectivity index (χ1n) is 8.62. The van der Waals surface area contributed by atoms with Crippen LogP contribution in [0.25, 0.3) is 0 Å². The minimum Gasteiger partial charge on any atom is -0.444 e. The van der Waals surface area contributed by atoms with Crippen molar-refractivity contribution >= 4 is 10.0 Å². The second-order valence-electron chi connectivity index (χ2n) is 6.62. The highest BCUT2D eigenvalue weighted by molar-refractivity contribution is 7.89. The quantitative estimate of drug-likeness (QED) is 0.669. The summed E-state index contributed by atoms with van der Waals surface area (Å²) in [6.07, 6.45) is 6.26. The summed E-state index contributed by atoms with van der Waals surface area (Å²) in [5, 5.41) is 0.0171. The topological polar surface area (TPSA) is 81.2 Å². The number of imidazole rings is 1. The molecule has 0 bridgehead atoms. The second-order valence-corrected chi connectivity index (χ2v) is 8.46. The predicted molar refractivity (Wildman–Crippen MR) is 94.8 cm³/mol. The molecule has 1 aliphatic heterocycles. The van der Waals surface area contributed by atoms with Gasteiger partial charge in [-0.15, -0.1) is 0 Å². The number of nitrogens with zero attached hydrogens (tertiary/aromatic N) is 4. The van der Waals surface area contributed by atoms with Gasteiger partial charge >= 0.3 is 0 Å². The lowest BCUT2D eigenvalue weighted by Gasteiger charge is -2.20. The standard InChI is InChI=1S/C18H19FN4O3S/c1-22-11-17(21-12-22)27(24,25)23-7-3-6-16(23)18-20-10-15(26-18)9-13-4-2-5-14(19)8-13/h2,4-5,8,10-12,16H,3,6-7,9H2,1H3. The van der Waals surface area contributed by atoms with Crippen molar-refractivity contribution in [1.29, 1.82) is 0 Å². The molecule has 0 amide bonds. The van der Waals surface area contributed by atoms with Crippen LogP contribution < -0.4 is 0 Å². The maximum Gasteiger partial charge on any atom is 0.262 e. The molecule has 7 nitrogen and oxygen atoms in total. The van der Waals surface area contributed by atoms with Gasteiger partial charge in [-0.3, -0.25) is 0 Å². The van der Waals surface area contributed by atoms with E-state index in [1.807, 2.05) is 0 Å². The minimum absolute atomic E-state index is 0.0171. The molecule has 1 atom stereocenters. The third kappa shape index (κ3) is 3.52. The van der Waals surface area contributed by atoms with Gasteiger partial charge in [0.2, 0.25) is 5.89 Å². The summed E-state index contributed by atoms with van der Waals surface area (Å²) >= 11 is 0. The van der Waals surface area contributed by atoms with Crippen LogP contribution in [0.15, 0.2) is 52.4 Å². The molecule has 0 aliphatic carbocycles. The Morgan fingerprint density at radius 1 is 1.33 bits per heavy atom. The van der Waals surface area contributed by atoms with Crippen LogP contribution in [-0.4, -0.2) is 33.8 Å². The zero-order chi connectivity index (χ0) is 19.0. The van der Waals surface area contributed by atoms with Crippen LogP contribution in [0.2, 0.25) is 0 Å². The van der Waals surface area contributed by atoms with Crippen LogP contribution >= 0.6 is 0 Å². The predicted octanol–water partition coefficient (Wildman–Crippen LogP) is 2.66. The van der Waals surface area contributed by atoms with Gasteiger partial charge in [-0.05, 0) is 30.5 Å². The van der Waals surface area contributed by atoms with Gasteiger partial charge in [-0.25, -0.2) is 22.8 Å². The molecule has 0 radical (unpaired) electrons. The van der Waals surface area contributed by atoms with E-state index in [9.17, 15) is 12.8 Å². The number of halogens is 1. The molecule has 0 saturated carbocycles. The molecule has 27 heavy (non-hydrogen) atoms. The van der Waals surface area contributed by atoms with Crippen molar-refractivity contribution in [3.05, 3.63) is 66.0 Å². The van der Waals surface area contributed by atoms with Crippen LogP contribution in [0, 0.1) is 5.82 Å². The molecular formula is C18H19FN4O3S. The molecule has 142 valence electrons. The Balaban J connectivity index is 1.57. The molecule has 1 saturated heterocycles. The largest absolute Gasteiger partial charge is 0.444 e. The summed E-state index contributed by atoms with van der Waals surface area (Å²) in [4.78, 5) is 8.26. The van der Waals surface area contributed by atoms with E-state index in [0.29, 0.717) is 31.0 Å². The van der Waals surface area contributed by atoms with Crippen molar-refractivity contribution in [2.24, 2.45) is 7.05 Å². The molecule has 3 aromatic rings. The molecule has 4 rings (SSSR count). The number of rotatable bonds is 5. The van der Waals surface area contributed by atoms with Crippen LogP contribution in [-0.2, 0) is 23.5 Å². The highest BCUT2D eigenvalue weighted by atomic mass is 32.2. The zero-order valence-corrected chi connectivity index (χ0v) is 15.6. The van der Waals surface area contributed by atoms with E-state index < -0.39 is 16.1 Å². The number of oxazole rings is 1. The van der Waals surface area contributed by atoms with Crippen molar-refractivity contribution in [3.8, 4) is 0 Å². The van der Waals surface area contributed by atoms with Gasteiger partial charge in [0.1, 0.15) is 17.6 Å². The van der Waals surface area contributed by atoms with E-state index in [4.69, 9.17) is 4.42 Å². The Morgan fingerprint density at radius 3 is 2.93 bits per heavy atom. The fraction of sp³-hybridized carbons (Fsp3) is 0.333. The van der Waals surface area contributed by atoms with Crippen molar-refractivity contribution < 1.29 is 17.2 Å². The number of aryl methyl sites for hydroxylation is 1. The van der Waals surface area contributed by atoms with Crippen LogP contribution in [0.3, 0.4) is 0 Å². The molecular weight excluding hydrogens is 371 g/mol. The summed E-state index contributed by atoms with van der Waals surface area (Å²) in [7, 11) is -2.00. The first-order valence-corrected chi connectivity index (χ1v) is 10.1. The summed E-state index contributed by atoms with van der Waals surface area (Å²) in [5.41, 5.74) is 0.766. The molecule has 1 aliphatic rings. The summed E-state index contributed by atoms with van der Waals surface area (Å²) in [6.45, 7) is 0.394. The van der Waals surface area contributed by atoms with E-state index in [1.165, 1.54) is 29.0 Å². The van der Waals surface area contributed by atoms with Gasteiger partial charge < -0.3 is 8.98 Å². The molecule has 9 heteroatoms. The molecule has 1 fully saturated rings. The number of hydrogen-bond donors (Lipinski definition) is 0. The van der Waals surface area contributed by atoms with E-state index in [2.05, 4.69) is 9.97 Å². The number of benzene rings is 1. The first-order chi connectivity index (χ1) is 12.9. The van der Waals surface area contributed by atoms with Gasteiger partial charge in [0.15, 0.2) is 5.03 Å². The Hall–Kier alpha value is -2.52. The molecule has 0 spiro atoms. The van der Waals surface area contributed by atoms with E-state index >= 15 is 0 Å². The Kier molecular flexibility index (Phi) is 4.56. The Labute approximate surface area is 156 Å². The Bertz CT molecular complexity index is 1060. The maximum absolute atomic E-state index is 13.3. The van der Waals surface area contributed by atoms with Crippen molar-refractivity contribution in [2.45, 2.75) is 30.3 Å². The SMILES string of the molecule is Cn1cnc(S(=O)(=O)N2CCCC2c2ncc(Cc3cccc(F)c3)o2)c1. The normalized spacial score (nSPS) is 18.2. The fourth-order valence-electron chi connectivity index (χ4n) is 3.32. The average Bonchev–Trinajstić information content (AvgIpc) is 3.34. The van der Waals surface area contributed by atoms with Gasteiger partial charge in [-0.1, -0.05) is 12.1 Å². The smallest absolute Gasteiger partial charge is 0.262 e. The lowest BCUT2D eigenvalue weighted by molar-refractivity contribution is 0.321. The molecule has 3 heterocycles. The van der Waals surface area contributed by atoms with Crippen molar-refractivity contribution in [3.63, 3.8) is 0 Å². The second kappa shape index (κ2) is 6.90. The molecule has 1 unspecified atom stereocenters. The summed E-state index contributed by atoms with van der Waals surface area (Å²) in [5.74, 6) is 0.617. The monoisotopic (exact) mass is 390 g/mol. The van der Waals surface area contributed by atoms with E-state index in [0.717, 1.165) is 12.0 Å². The van der Waals surface area contributed by atoms with Crippen LogP contribution in [0.5, 0.6) is 0 Å². The fourth-order valence-corrected chi connectivity index (χ4v) is 4.94. The summed E-state index contributed by atoms with van der Waals surface area (Å²) in [6, 6.07) is 5.81. The lowest BCUT2D eigenvalue weighted by atomic mass is 10.1. The zero-order valence-electron chi connectivity index (χ0n) is 14.7. The van der Waals surface area contributed by atoms with Crippen LogP contribution in [0.1, 0.15) is 36.1 Å². The Morgan fingerprint density at radius 2 is 2.19 bits per heavy atom. The molecule has 2 aromatic heterocycles. The van der Waals surface area contributed by atoms with E-state index in [1.54, 1.807) is 29.9 Å². The number of hydrogen-bond acceptors (Lipinski definition) is 5. The highest BCUT2D eigenvalue weighted by Crippen LogP contribution is 2.36. The number of sulfonamides is 1. The maximum atomic E-state index is 13.3. The summed E-state index contributed by atoms with van der Waals surface area (Å²) < 4.78 is 48.0. The third-order valence-electron chi connectivity index (χ3n) is 4.58. The van der Waals surface area contributed by atoms with Gasteiger partial charge in [0, 0.05) is 26.2 Å². The van der Waals surface area contributed by atoms with Gasteiger partial charge in [0.25, 0.3) is 10.0 Å². The number of aromatic nitrogens is 3. The lowest BCUT2D eigenvalue weighted by Crippen LogP contribution is -2.31. The molecule has 1 aromatic carbocycles. The van der Waals surface area contributed by atoms with Crippen molar-refractivity contribution in [2.75, 3.05) is 6.54 Å². The minimum atomic E-state index is -3.72.